The monoisotopic (exact) mass is 509 g/mol. The van der Waals surface area contributed by atoms with E-state index in [0.29, 0.717) is 0 Å². The number of methoxy groups -OCH3 is 1. The topological polar surface area (TPSA) is 21.3 Å². The van der Waals surface area contributed by atoms with Crippen molar-refractivity contribution in [3.8, 4) is 5.75 Å². The molecule has 20 heavy (non-hydrogen) atoms. The number of ether oxygens (including phenoxy) is 1. The molecule has 0 aliphatic heterocycles. The van der Waals surface area contributed by atoms with Crippen LogP contribution in [0.4, 0.5) is 5.69 Å². The molecule has 0 bridgehead atoms. The van der Waals surface area contributed by atoms with E-state index in [0.717, 1.165) is 20.4 Å². The van der Waals surface area contributed by atoms with E-state index in [-0.39, 0.29) is 6.04 Å². The van der Waals surface area contributed by atoms with Crippen LogP contribution in [0.3, 0.4) is 0 Å². The summed E-state index contributed by atoms with van der Waals surface area (Å²) in [7, 11) is 1.67. The second-order valence-electron chi connectivity index (χ2n) is 4.38. The zero-order valence-corrected chi connectivity index (χ0v) is 16.4. The van der Waals surface area contributed by atoms with Crippen LogP contribution in [0.15, 0.2) is 45.3 Å². The van der Waals surface area contributed by atoms with Crippen molar-refractivity contribution in [3.63, 3.8) is 0 Å². The first kappa shape index (κ1) is 16.1. The van der Waals surface area contributed by atoms with Crippen molar-refractivity contribution in [1.82, 2.24) is 0 Å². The van der Waals surface area contributed by atoms with Crippen LogP contribution in [0.1, 0.15) is 18.5 Å². The van der Waals surface area contributed by atoms with E-state index < -0.39 is 0 Å². The van der Waals surface area contributed by atoms with E-state index >= 15 is 0 Å². The Morgan fingerprint density at radius 3 is 2.35 bits per heavy atom. The van der Waals surface area contributed by atoms with Crippen molar-refractivity contribution in [2.24, 2.45) is 0 Å². The summed E-state index contributed by atoms with van der Waals surface area (Å²) in [5, 5.41) is 3.50. The Morgan fingerprint density at radius 2 is 1.75 bits per heavy atom. The fourth-order valence-electron chi connectivity index (χ4n) is 1.86. The Balaban J connectivity index is 2.23. The normalized spacial score (nSPS) is 12.1. The quantitative estimate of drug-likeness (QED) is 0.510. The molecule has 0 heterocycles. The number of anilines is 1. The molecule has 2 aromatic rings. The molecule has 106 valence electrons. The van der Waals surface area contributed by atoms with Crippen LogP contribution in [0.5, 0.6) is 5.75 Å². The van der Waals surface area contributed by atoms with Gasteiger partial charge in [0, 0.05) is 20.2 Å². The Kier molecular flexibility index (Phi) is 5.74. The lowest BCUT2D eigenvalue weighted by Gasteiger charge is -2.18. The molecule has 0 saturated heterocycles. The fourth-order valence-corrected chi connectivity index (χ4v) is 3.49. The third-order valence-electron chi connectivity index (χ3n) is 2.98. The predicted molar refractivity (Wildman–Crippen MR) is 99.6 cm³/mol. The highest BCUT2D eigenvalue weighted by molar-refractivity contribution is 14.1. The third-order valence-corrected chi connectivity index (χ3v) is 4.98. The highest BCUT2D eigenvalue weighted by Gasteiger charge is 2.11. The van der Waals surface area contributed by atoms with Crippen LogP contribution < -0.4 is 10.1 Å². The molecule has 2 nitrogen and oxygen atoms in total. The Bertz CT molecular complexity index is 602. The average molecular weight is 511 g/mol. The van der Waals surface area contributed by atoms with Crippen LogP contribution in [-0.4, -0.2) is 7.11 Å². The molecular formula is C15H14Br2INO. The number of halogens is 3. The van der Waals surface area contributed by atoms with Gasteiger partial charge >= 0.3 is 0 Å². The maximum atomic E-state index is 5.33. The molecule has 0 aliphatic rings. The molecule has 0 aromatic heterocycles. The van der Waals surface area contributed by atoms with E-state index in [1.807, 2.05) is 12.1 Å². The molecule has 2 aromatic carbocycles. The summed E-state index contributed by atoms with van der Waals surface area (Å²) in [5.74, 6) is 0.811. The minimum Gasteiger partial charge on any atom is -0.495 e. The van der Waals surface area contributed by atoms with Crippen LogP contribution in [0, 0.1) is 3.57 Å². The second-order valence-corrected chi connectivity index (χ2v) is 7.34. The molecule has 0 saturated carbocycles. The molecule has 0 radical (unpaired) electrons. The van der Waals surface area contributed by atoms with Gasteiger partial charge < -0.3 is 10.1 Å². The summed E-state index contributed by atoms with van der Waals surface area (Å²) in [6.07, 6.45) is 0. The zero-order valence-electron chi connectivity index (χ0n) is 11.1. The van der Waals surface area contributed by atoms with E-state index in [9.17, 15) is 0 Å². The molecular weight excluding hydrogens is 497 g/mol. The minimum atomic E-state index is 0.217. The third kappa shape index (κ3) is 3.89. The number of benzene rings is 2. The van der Waals surface area contributed by atoms with Crippen molar-refractivity contribution >= 4 is 60.1 Å². The lowest BCUT2D eigenvalue weighted by atomic mass is 10.1. The minimum absolute atomic E-state index is 0.217. The molecule has 0 aliphatic carbocycles. The molecule has 1 N–H and O–H groups in total. The molecule has 1 atom stereocenters. The molecule has 0 fully saturated rings. The molecule has 0 spiro atoms. The van der Waals surface area contributed by atoms with Gasteiger partial charge in [-0.1, -0.05) is 12.1 Å². The molecule has 2 rings (SSSR count). The van der Waals surface area contributed by atoms with Gasteiger partial charge in [0.15, 0.2) is 0 Å². The van der Waals surface area contributed by atoms with E-state index in [1.54, 1.807) is 7.11 Å². The van der Waals surface area contributed by atoms with Crippen LogP contribution >= 0.6 is 54.5 Å². The highest BCUT2D eigenvalue weighted by Crippen LogP contribution is 2.36. The van der Waals surface area contributed by atoms with Crippen LogP contribution in [0.25, 0.3) is 0 Å². The van der Waals surface area contributed by atoms with Crippen molar-refractivity contribution in [2.45, 2.75) is 13.0 Å². The summed E-state index contributed by atoms with van der Waals surface area (Å²) >= 11 is 9.36. The van der Waals surface area contributed by atoms with Gasteiger partial charge in [0.25, 0.3) is 0 Å². The van der Waals surface area contributed by atoms with Gasteiger partial charge in [-0.25, -0.2) is 0 Å². The Morgan fingerprint density at radius 1 is 1.10 bits per heavy atom. The number of hydrogen-bond acceptors (Lipinski definition) is 2. The van der Waals surface area contributed by atoms with Gasteiger partial charge in [-0.05, 0) is 85.1 Å². The number of hydrogen-bond donors (Lipinski definition) is 1. The SMILES string of the molecule is COc1cc(NC(C)c2ccc(I)cc2)c(Br)cc1Br. The summed E-state index contributed by atoms with van der Waals surface area (Å²) in [6.45, 7) is 2.14. The lowest BCUT2D eigenvalue weighted by molar-refractivity contribution is 0.412. The number of rotatable bonds is 4. The standard InChI is InChI=1S/C15H14Br2INO/c1-9(10-3-5-11(18)6-4-10)19-14-8-15(20-2)13(17)7-12(14)16/h3-9,19H,1-2H3. The van der Waals surface area contributed by atoms with Gasteiger partial charge in [0.2, 0.25) is 0 Å². The van der Waals surface area contributed by atoms with Gasteiger partial charge in [-0.2, -0.15) is 0 Å². The molecule has 5 heteroatoms. The Hall–Kier alpha value is -0.270. The maximum Gasteiger partial charge on any atom is 0.135 e. The lowest BCUT2D eigenvalue weighted by Crippen LogP contribution is -2.07. The van der Waals surface area contributed by atoms with Crippen molar-refractivity contribution in [2.75, 3.05) is 12.4 Å². The van der Waals surface area contributed by atoms with Crippen LogP contribution in [-0.2, 0) is 0 Å². The smallest absolute Gasteiger partial charge is 0.135 e. The average Bonchev–Trinajstić information content (AvgIpc) is 2.42. The van der Waals surface area contributed by atoms with Gasteiger partial charge in [0.1, 0.15) is 5.75 Å². The van der Waals surface area contributed by atoms with E-state index in [4.69, 9.17) is 4.74 Å². The second kappa shape index (κ2) is 7.13. The first-order valence-electron chi connectivity index (χ1n) is 6.06. The van der Waals surface area contributed by atoms with Crippen LogP contribution in [0.2, 0.25) is 0 Å². The fraction of sp³-hybridized carbons (Fsp3) is 0.200. The van der Waals surface area contributed by atoms with Crippen molar-refractivity contribution < 1.29 is 4.74 Å². The van der Waals surface area contributed by atoms with Crippen molar-refractivity contribution in [3.05, 3.63) is 54.5 Å². The van der Waals surface area contributed by atoms with Gasteiger partial charge in [0.05, 0.1) is 17.3 Å². The molecule has 1 unspecified atom stereocenters. The Labute approximate surface area is 149 Å². The maximum absolute atomic E-state index is 5.33. The summed E-state index contributed by atoms with van der Waals surface area (Å²) in [5.41, 5.74) is 2.26. The first-order valence-corrected chi connectivity index (χ1v) is 8.72. The van der Waals surface area contributed by atoms with Gasteiger partial charge in [-0.15, -0.1) is 0 Å². The van der Waals surface area contributed by atoms with Crippen molar-refractivity contribution in [1.29, 1.82) is 0 Å². The van der Waals surface area contributed by atoms with E-state index in [2.05, 4.69) is 91.0 Å². The zero-order chi connectivity index (χ0) is 14.7. The number of nitrogens with one attached hydrogen (secondary N) is 1. The predicted octanol–water partition coefficient (Wildman–Crippen LogP) is 6.00. The molecule has 0 amide bonds. The largest absolute Gasteiger partial charge is 0.495 e. The summed E-state index contributed by atoms with van der Waals surface area (Å²) in [4.78, 5) is 0. The van der Waals surface area contributed by atoms with Gasteiger partial charge in [-0.3, -0.25) is 0 Å². The first-order chi connectivity index (χ1) is 9.51. The summed E-state index contributed by atoms with van der Waals surface area (Å²) in [6, 6.07) is 12.7. The summed E-state index contributed by atoms with van der Waals surface area (Å²) < 4.78 is 8.51. The highest BCUT2D eigenvalue weighted by atomic mass is 127. The van der Waals surface area contributed by atoms with E-state index in [1.165, 1.54) is 9.13 Å².